The number of piperidine rings is 1. The van der Waals surface area contributed by atoms with Crippen LogP contribution in [0, 0.1) is 5.92 Å². The van der Waals surface area contributed by atoms with Gasteiger partial charge in [-0.3, -0.25) is 4.90 Å². The molecule has 1 aromatic carbocycles. The molecule has 148 valence electrons. The van der Waals surface area contributed by atoms with Gasteiger partial charge in [0, 0.05) is 16.1 Å². The molecule has 1 aliphatic heterocycles. The number of carboxylic acid groups (broad SMARTS) is 1. The number of H-pyrrole nitrogens is 1. The predicted octanol–water partition coefficient (Wildman–Crippen LogP) is 4.61. The van der Waals surface area contributed by atoms with Gasteiger partial charge in [0.25, 0.3) is 0 Å². The fourth-order valence-electron chi connectivity index (χ4n) is 3.80. The molecular weight excluding hydrogens is 426 g/mol. The first kappa shape index (κ1) is 19.0. The summed E-state index contributed by atoms with van der Waals surface area (Å²) in [5, 5.41) is 9.64. The molecule has 1 saturated carbocycles. The van der Waals surface area contributed by atoms with Crippen LogP contribution in [-0.2, 0) is 4.74 Å². The second kappa shape index (κ2) is 6.62. The fourth-order valence-corrected chi connectivity index (χ4v) is 4.06. The fraction of sp³-hybridized carbons (Fsp3) is 0.450. The van der Waals surface area contributed by atoms with Gasteiger partial charge in [-0.1, -0.05) is 28.1 Å². The smallest absolute Gasteiger partial charge is 0.411 e. The van der Waals surface area contributed by atoms with Crippen molar-refractivity contribution in [3.63, 3.8) is 0 Å². The van der Waals surface area contributed by atoms with Crippen molar-refractivity contribution < 1.29 is 19.4 Å². The van der Waals surface area contributed by atoms with Crippen LogP contribution in [-0.4, -0.2) is 43.7 Å². The van der Waals surface area contributed by atoms with E-state index in [2.05, 4.69) is 25.9 Å². The lowest BCUT2D eigenvalue weighted by atomic mass is 10.1. The molecule has 28 heavy (non-hydrogen) atoms. The van der Waals surface area contributed by atoms with Gasteiger partial charge >= 0.3 is 12.1 Å². The van der Waals surface area contributed by atoms with E-state index in [1.807, 2.05) is 45.0 Å². The second-order valence-corrected chi connectivity index (χ2v) is 9.28. The van der Waals surface area contributed by atoms with E-state index < -0.39 is 11.6 Å². The van der Waals surface area contributed by atoms with Gasteiger partial charge in [-0.2, -0.15) is 0 Å². The number of fused-ring (bicyclic) bond motifs is 1. The summed E-state index contributed by atoms with van der Waals surface area (Å²) in [6.45, 7) is 5.50. The average molecular weight is 448 g/mol. The SMILES string of the molecule is CC(C)(C)OC(=O)N1C2CC2C[C@H]1c1nc(-c2ccc(Br)cc2)c(C(=O)O)[nH]1. The molecule has 1 saturated heterocycles. The Bertz CT molecular complexity index is 932. The molecule has 7 nitrogen and oxygen atoms in total. The molecule has 4 rings (SSSR count). The van der Waals surface area contributed by atoms with Crippen LogP contribution in [0.1, 0.15) is 56.0 Å². The molecule has 8 heteroatoms. The average Bonchev–Trinajstić information content (AvgIpc) is 3.04. The van der Waals surface area contributed by atoms with E-state index in [9.17, 15) is 14.7 Å². The van der Waals surface area contributed by atoms with Crippen molar-refractivity contribution in [2.45, 2.75) is 51.3 Å². The third-order valence-corrected chi connectivity index (χ3v) is 5.61. The molecule has 2 fully saturated rings. The van der Waals surface area contributed by atoms with Crippen LogP contribution >= 0.6 is 15.9 Å². The van der Waals surface area contributed by atoms with Crippen LogP contribution in [0.3, 0.4) is 0 Å². The van der Waals surface area contributed by atoms with Gasteiger partial charge in [0.1, 0.15) is 17.1 Å². The Morgan fingerprint density at radius 3 is 2.54 bits per heavy atom. The minimum Gasteiger partial charge on any atom is -0.477 e. The summed E-state index contributed by atoms with van der Waals surface area (Å²) in [5.41, 5.74) is 0.517. The van der Waals surface area contributed by atoms with Gasteiger partial charge in [-0.05, 0) is 51.7 Å². The van der Waals surface area contributed by atoms with E-state index in [1.54, 1.807) is 4.90 Å². The lowest BCUT2D eigenvalue weighted by molar-refractivity contribution is 0.0175. The topological polar surface area (TPSA) is 95.5 Å². The summed E-state index contributed by atoms with van der Waals surface area (Å²) in [6.07, 6.45) is 1.35. The first-order valence-electron chi connectivity index (χ1n) is 9.24. The number of likely N-dealkylation sites (tertiary alicyclic amines) is 1. The third kappa shape index (κ3) is 3.53. The molecule has 0 spiro atoms. The molecule has 3 atom stereocenters. The van der Waals surface area contributed by atoms with Gasteiger partial charge in [0.2, 0.25) is 0 Å². The summed E-state index contributed by atoms with van der Waals surface area (Å²) in [6, 6.07) is 7.15. The van der Waals surface area contributed by atoms with Crippen LogP contribution in [0.4, 0.5) is 4.79 Å². The molecule has 2 N–H and O–H groups in total. The first-order valence-corrected chi connectivity index (χ1v) is 10.0. The van der Waals surface area contributed by atoms with Gasteiger partial charge in [0.05, 0.1) is 6.04 Å². The zero-order chi connectivity index (χ0) is 20.2. The number of rotatable bonds is 3. The van der Waals surface area contributed by atoms with E-state index in [-0.39, 0.29) is 23.9 Å². The number of aromatic nitrogens is 2. The van der Waals surface area contributed by atoms with Crippen LogP contribution in [0.15, 0.2) is 28.7 Å². The maximum atomic E-state index is 12.8. The van der Waals surface area contributed by atoms with Gasteiger partial charge in [-0.15, -0.1) is 0 Å². The van der Waals surface area contributed by atoms with E-state index in [0.717, 1.165) is 17.3 Å². The van der Waals surface area contributed by atoms with Crippen molar-refractivity contribution in [2.75, 3.05) is 0 Å². The highest BCUT2D eigenvalue weighted by molar-refractivity contribution is 9.10. The number of carboxylic acids is 1. The number of halogens is 1. The number of aromatic amines is 1. The van der Waals surface area contributed by atoms with E-state index in [1.165, 1.54) is 0 Å². The lowest BCUT2D eigenvalue weighted by Gasteiger charge is -2.29. The van der Waals surface area contributed by atoms with Gasteiger partial charge in [-0.25, -0.2) is 14.6 Å². The minimum absolute atomic E-state index is 0.0297. The van der Waals surface area contributed by atoms with Crippen LogP contribution in [0.25, 0.3) is 11.3 Å². The van der Waals surface area contributed by atoms with E-state index >= 15 is 0 Å². The summed E-state index contributed by atoms with van der Waals surface area (Å²) in [7, 11) is 0. The number of hydrogen-bond acceptors (Lipinski definition) is 4. The largest absolute Gasteiger partial charge is 0.477 e. The lowest BCUT2D eigenvalue weighted by Crippen LogP contribution is -2.38. The van der Waals surface area contributed by atoms with Crippen molar-refractivity contribution in [2.24, 2.45) is 5.92 Å². The van der Waals surface area contributed by atoms with Gasteiger partial charge < -0.3 is 14.8 Å². The Labute approximate surface area is 171 Å². The third-order valence-electron chi connectivity index (χ3n) is 5.08. The number of imidazole rings is 1. The van der Waals surface area contributed by atoms with Crippen molar-refractivity contribution in [1.82, 2.24) is 14.9 Å². The Hall–Kier alpha value is -2.35. The Morgan fingerprint density at radius 2 is 1.93 bits per heavy atom. The summed E-state index contributed by atoms with van der Waals surface area (Å²) >= 11 is 3.38. The number of benzene rings is 1. The zero-order valence-electron chi connectivity index (χ0n) is 15.9. The summed E-state index contributed by atoms with van der Waals surface area (Å²) in [5.74, 6) is -0.163. The maximum Gasteiger partial charge on any atom is 0.411 e. The monoisotopic (exact) mass is 447 g/mol. The van der Waals surface area contributed by atoms with Crippen molar-refractivity contribution in [1.29, 1.82) is 0 Å². The highest BCUT2D eigenvalue weighted by Gasteiger charge is 2.56. The molecule has 2 aliphatic rings. The van der Waals surface area contributed by atoms with E-state index in [0.29, 0.717) is 23.0 Å². The predicted molar refractivity (Wildman–Crippen MR) is 106 cm³/mol. The number of nitrogens with one attached hydrogen (secondary N) is 1. The van der Waals surface area contributed by atoms with E-state index in [4.69, 9.17) is 4.74 Å². The number of aromatic carboxylic acids is 1. The zero-order valence-corrected chi connectivity index (χ0v) is 17.5. The number of nitrogens with zero attached hydrogens (tertiary/aromatic N) is 2. The first-order chi connectivity index (χ1) is 13.1. The van der Waals surface area contributed by atoms with Crippen LogP contribution in [0.5, 0.6) is 0 Å². The molecule has 2 unspecified atom stereocenters. The van der Waals surface area contributed by atoms with Crippen LogP contribution in [0.2, 0.25) is 0 Å². The standard InChI is InChI=1S/C20H22BrN3O4/c1-20(2,3)28-19(27)24-13-8-11(13)9-14(24)17-22-15(16(23-17)18(25)26)10-4-6-12(21)7-5-10/h4-7,11,13-14H,8-9H2,1-3H3,(H,22,23)(H,25,26)/t11?,13?,14-/m0/s1. The number of ether oxygens (including phenoxy) is 1. The Morgan fingerprint density at radius 1 is 1.25 bits per heavy atom. The quantitative estimate of drug-likeness (QED) is 0.715. The minimum atomic E-state index is -1.08. The molecule has 1 amide bonds. The number of amides is 1. The second-order valence-electron chi connectivity index (χ2n) is 8.36. The van der Waals surface area contributed by atoms with Crippen LogP contribution < -0.4 is 0 Å². The number of carbonyl (C=O) groups excluding carboxylic acids is 1. The molecule has 0 bridgehead atoms. The maximum absolute atomic E-state index is 12.8. The number of hydrogen-bond donors (Lipinski definition) is 2. The molecule has 1 aliphatic carbocycles. The normalized spacial score (nSPS) is 23.4. The Balaban J connectivity index is 1.69. The molecule has 2 heterocycles. The van der Waals surface area contributed by atoms with Crippen molar-refractivity contribution >= 4 is 28.0 Å². The Kier molecular flexibility index (Phi) is 4.49. The van der Waals surface area contributed by atoms with Crippen molar-refractivity contribution in [3.05, 3.63) is 40.3 Å². The number of carbonyl (C=O) groups is 2. The highest BCUT2D eigenvalue weighted by atomic mass is 79.9. The molecule has 1 aromatic heterocycles. The molecule has 0 radical (unpaired) electrons. The summed E-state index contributed by atoms with van der Waals surface area (Å²) in [4.78, 5) is 33.8. The van der Waals surface area contributed by atoms with Crippen molar-refractivity contribution in [3.8, 4) is 11.3 Å². The highest BCUT2D eigenvalue weighted by Crippen LogP contribution is 2.53. The summed E-state index contributed by atoms with van der Waals surface area (Å²) < 4.78 is 6.48. The van der Waals surface area contributed by atoms with Gasteiger partial charge in [0.15, 0.2) is 5.69 Å². The molecular formula is C20H22BrN3O4. The molecule has 2 aromatic rings.